The predicted molar refractivity (Wildman–Crippen MR) is 113 cm³/mol. The number of carbonyl (C=O) groups excluding carboxylic acids is 1. The molecule has 2 aromatic rings. The number of hydrazone groups is 1. The summed E-state index contributed by atoms with van der Waals surface area (Å²) in [5.41, 5.74) is 6.85. The Kier molecular flexibility index (Phi) is 5.64. The predicted octanol–water partition coefficient (Wildman–Crippen LogP) is 5.93. The van der Waals surface area contributed by atoms with Crippen LogP contribution in [0.4, 0.5) is 0 Å². The third-order valence-corrected chi connectivity index (χ3v) is 5.74. The largest absolute Gasteiger partial charge is 0.273 e. The van der Waals surface area contributed by atoms with Gasteiger partial charge in [0.15, 0.2) is 0 Å². The summed E-state index contributed by atoms with van der Waals surface area (Å²) in [6.45, 7) is 8.42. The highest BCUT2D eigenvalue weighted by Crippen LogP contribution is 2.47. The molecular formula is C22H24Cl2N2O. The van der Waals surface area contributed by atoms with Gasteiger partial charge in [0.05, 0.1) is 15.8 Å². The second-order valence-electron chi connectivity index (χ2n) is 8.12. The van der Waals surface area contributed by atoms with Crippen molar-refractivity contribution in [2.24, 2.45) is 11.0 Å². The molecule has 0 radical (unpaired) electrons. The summed E-state index contributed by atoms with van der Waals surface area (Å²) < 4.78 is 0. The van der Waals surface area contributed by atoms with E-state index in [1.165, 1.54) is 11.1 Å². The monoisotopic (exact) mass is 402 g/mol. The van der Waals surface area contributed by atoms with Gasteiger partial charge in [-0.05, 0) is 53.5 Å². The molecule has 0 saturated heterocycles. The van der Waals surface area contributed by atoms with Crippen LogP contribution in [0.15, 0.2) is 47.6 Å². The summed E-state index contributed by atoms with van der Waals surface area (Å²) in [5.74, 6) is 0.217. The minimum absolute atomic E-state index is 0.0177. The molecule has 3 nitrogen and oxygen atoms in total. The number of hydrogen-bond donors (Lipinski definition) is 1. The van der Waals surface area contributed by atoms with Crippen molar-refractivity contribution in [3.63, 3.8) is 0 Å². The van der Waals surface area contributed by atoms with Crippen LogP contribution in [0.1, 0.15) is 56.7 Å². The maximum Gasteiger partial charge on any atom is 0.243 e. The van der Waals surface area contributed by atoms with E-state index in [2.05, 4.69) is 55.6 Å². The smallest absolute Gasteiger partial charge is 0.243 e. The van der Waals surface area contributed by atoms with E-state index in [1.54, 1.807) is 12.1 Å². The Morgan fingerprint density at radius 3 is 2.33 bits per heavy atom. The minimum atomic E-state index is -0.0423. The molecule has 0 aliphatic heterocycles. The summed E-state index contributed by atoms with van der Waals surface area (Å²) in [6.07, 6.45) is 0.863. The SMILES string of the molecule is C/C(=N/NC(=O)[C@H]1C[C@@H]1c1ccc(C(C)(C)C)cc1)c1ccc(Cl)c(Cl)c1. The molecule has 0 heterocycles. The topological polar surface area (TPSA) is 41.5 Å². The van der Waals surface area contributed by atoms with Crippen molar-refractivity contribution < 1.29 is 4.79 Å². The van der Waals surface area contributed by atoms with E-state index in [4.69, 9.17) is 23.2 Å². The molecule has 1 saturated carbocycles. The molecule has 1 aliphatic carbocycles. The average molecular weight is 403 g/mol. The molecule has 3 rings (SSSR count). The maximum absolute atomic E-state index is 12.4. The van der Waals surface area contributed by atoms with E-state index in [1.807, 2.05) is 13.0 Å². The van der Waals surface area contributed by atoms with Gasteiger partial charge in [0.25, 0.3) is 0 Å². The lowest BCUT2D eigenvalue weighted by atomic mass is 9.86. The van der Waals surface area contributed by atoms with E-state index in [9.17, 15) is 4.79 Å². The Labute approximate surface area is 170 Å². The number of rotatable bonds is 4. The molecule has 1 fully saturated rings. The Bertz CT molecular complexity index is 882. The summed E-state index contributed by atoms with van der Waals surface area (Å²) in [5, 5.41) is 5.18. The number of halogens is 2. The van der Waals surface area contributed by atoms with Crippen molar-refractivity contribution in [2.75, 3.05) is 0 Å². The molecule has 0 aromatic heterocycles. The Morgan fingerprint density at radius 2 is 1.74 bits per heavy atom. The first-order chi connectivity index (χ1) is 12.7. The van der Waals surface area contributed by atoms with E-state index in [0.29, 0.717) is 15.8 Å². The van der Waals surface area contributed by atoms with Gasteiger partial charge in [0.1, 0.15) is 0 Å². The first kappa shape index (κ1) is 19.9. The summed E-state index contributed by atoms with van der Waals surface area (Å²) in [6, 6.07) is 13.9. The molecule has 1 N–H and O–H groups in total. The highest BCUT2D eigenvalue weighted by molar-refractivity contribution is 6.42. The van der Waals surface area contributed by atoms with Crippen LogP contribution in [0.25, 0.3) is 0 Å². The summed E-state index contributed by atoms with van der Waals surface area (Å²) in [4.78, 5) is 12.4. The third-order valence-electron chi connectivity index (χ3n) is 5.00. The first-order valence-electron chi connectivity index (χ1n) is 9.07. The molecule has 27 heavy (non-hydrogen) atoms. The number of nitrogens with zero attached hydrogens (tertiary/aromatic N) is 1. The number of amides is 1. The van der Waals surface area contributed by atoms with Crippen LogP contribution in [0.2, 0.25) is 10.0 Å². The van der Waals surface area contributed by atoms with Gasteiger partial charge in [0, 0.05) is 5.92 Å². The van der Waals surface area contributed by atoms with Crippen molar-refractivity contribution in [3.8, 4) is 0 Å². The van der Waals surface area contributed by atoms with Crippen LogP contribution in [0.3, 0.4) is 0 Å². The minimum Gasteiger partial charge on any atom is -0.273 e. The quantitative estimate of drug-likeness (QED) is 0.499. The molecular weight excluding hydrogens is 379 g/mol. The van der Waals surface area contributed by atoms with Crippen LogP contribution in [0.5, 0.6) is 0 Å². The second-order valence-corrected chi connectivity index (χ2v) is 8.94. The molecule has 0 unspecified atom stereocenters. The average Bonchev–Trinajstić information content (AvgIpc) is 3.42. The summed E-state index contributed by atoms with van der Waals surface area (Å²) in [7, 11) is 0. The van der Waals surface area contributed by atoms with E-state index in [-0.39, 0.29) is 23.2 Å². The molecule has 2 atom stereocenters. The zero-order chi connectivity index (χ0) is 19.8. The Hall–Kier alpha value is -1.84. The molecule has 142 valence electrons. The van der Waals surface area contributed by atoms with Crippen molar-refractivity contribution in [2.45, 2.75) is 45.4 Å². The van der Waals surface area contributed by atoms with E-state index in [0.717, 1.165) is 12.0 Å². The fourth-order valence-electron chi connectivity index (χ4n) is 3.09. The number of benzene rings is 2. The standard InChI is InChI=1S/C22H24Cl2N2O/c1-13(15-7-10-19(23)20(24)11-15)25-26-21(27)18-12-17(18)14-5-8-16(9-6-14)22(2,3)4/h5-11,17-18H,12H2,1-4H3,(H,26,27)/b25-13-/t17-,18+/m1/s1. The van der Waals surface area contributed by atoms with Crippen molar-refractivity contribution >= 4 is 34.8 Å². The van der Waals surface area contributed by atoms with Gasteiger partial charge in [-0.25, -0.2) is 5.43 Å². The van der Waals surface area contributed by atoms with Crippen molar-refractivity contribution in [1.29, 1.82) is 0 Å². The fraction of sp³-hybridized carbons (Fsp3) is 0.364. The second kappa shape index (κ2) is 7.65. The lowest BCUT2D eigenvalue weighted by molar-refractivity contribution is -0.122. The van der Waals surface area contributed by atoms with Crippen molar-refractivity contribution in [3.05, 3.63) is 69.2 Å². The van der Waals surface area contributed by atoms with E-state index >= 15 is 0 Å². The van der Waals surface area contributed by atoms with Crippen LogP contribution >= 0.6 is 23.2 Å². The van der Waals surface area contributed by atoms with Gasteiger partial charge in [-0.3, -0.25) is 4.79 Å². The van der Waals surface area contributed by atoms with Gasteiger partial charge in [-0.2, -0.15) is 5.10 Å². The van der Waals surface area contributed by atoms with Crippen LogP contribution in [-0.2, 0) is 10.2 Å². The highest BCUT2D eigenvalue weighted by Gasteiger charge is 2.44. The molecule has 2 aromatic carbocycles. The van der Waals surface area contributed by atoms with E-state index < -0.39 is 0 Å². The van der Waals surface area contributed by atoms with Gasteiger partial charge in [-0.1, -0.05) is 74.3 Å². The molecule has 0 spiro atoms. The number of nitrogens with one attached hydrogen (secondary N) is 1. The van der Waals surface area contributed by atoms with Crippen LogP contribution in [-0.4, -0.2) is 11.6 Å². The van der Waals surface area contributed by atoms with Gasteiger partial charge < -0.3 is 0 Å². The molecule has 0 bridgehead atoms. The lowest BCUT2D eigenvalue weighted by Gasteiger charge is -2.19. The number of carbonyl (C=O) groups is 1. The Balaban J connectivity index is 1.60. The number of hydrogen-bond acceptors (Lipinski definition) is 2. The van der Waals surface area contributed by atoms with Gasteiger partial charge in [-0.15, -0.1) is 0 Å². The van der Waals surface area contributed by atoms with Gasteiger partial charge in [0.2, 0.25) is 5.91 Å². The van der Waals surface area contributed by atoms with Crippen molar-refractivity contribution in [1.82, 2.24) is 5.43 Å². The summed E-state index contributed by atoms with van der Waals surface area (Å²) >= 11 is 12.0. The zero-order valence-electron chi connectivity index (χ0n) is 16.0. The maximum atomic E-state index is 12.4. The fourth-order valence-corrected chi connectivity index (χ4v) is 3.39. The highest BCUT2D eigenvalue weighted by atomic mass is 35.5. The molecule has 1 amide bonds. The van der Waals surface area contributed by atoms with Crippen LogP contribution < -0.4 is 5.43 Å². The van der Waals surface area contributed by atoms with Crippen LogP contribution in [0, 0.1) is 5.92 Å². The normalized spacial score (nSPS) is 19.7. The van der Waals surface area contributed by atoms with Gasteiger partial charge >= 0.3 is 0 Å². The molecule has 5 heteroatoms. The first-order valence-corrected chi connectivity index (χ1v) is 9.82. The zero-order valence-corrected chi connectivity index (χ0v) is 17.5. The molecule has 1 aliphatic rings. The Morgan fingerprint density at radius 1 is 1.07 bits per heavy atom. The third kappa shape index (κ3) is 4.72. The lowest BCUT2D eigenvalue weighted by Crippen LogP contribution is -2.21.